The lowest BCUT2D eigenvalue weighted by Gasteiger charge is -2.30. The van der Waals surface area contributed by atoms with Crippen molar-refractivity contribution in [3.8, 4) is 0 Å². The summed E-state index contributed by atoms with van der Waals surface area (Å²) < 4.78 is 16.4. The first-order valence-electron chi connectivity index (χ1n) is 25.0. The highest BCUT2D eigenvalue weighted by atomic mass is 16.6. The summed E-state index contributed by atoms with van der Waals surface area (Å²) in [6.07, 6.45) is 41.1. The molecule has 0 bridgehead atoms. The van der Waals surface area contributed by atoms with Gasteiger partial charge in [0, 0.05) is 0 Å². The molecule has 0 radical (unpaired) electrons. The van der Waals surface area contributed by atoms with Gasteiger partial charge >= 0.3 is 17.9 Å². The van der Waals surface area contributed by atoms with Crippen molar-refractivity contribution in [1.82, 2.24) is 0 Å². The van der Waals surface area contributed by atoms with Crippen LogP contribution in [-0.4, -0.2) is 54.2 Å². The summed E-state index contributed by atoms with van der Waals surface area (Å²) in [6.45, 7) is 8.10. The van der Waals surface area contributed by atoms with Crippen molar-refractivity contribution in [1.29, 1.82) is 0 Å². The van der Waals surface area contributed by atoms with Crippen molar-refractivity contribution in [3.05, 3.63) is 0 Å². The molecule has 0 rings (SSSR count). The molecule has 0 aromatic rings. The number of ether oxygens (including phenoxy) is 3. The zero-order valence-electron chi connectivity index (χ0n) is 38.7. The Morgan fingerprint density at radius 1 is 0.397 bits per heavy atom. The number of hydrogen-bond donors (Lipinski definition) is 1. The number of aliphatic hydroxyl groups is 1. The van der Waals surface area contributed by atoms with Gasteiger partial charge in [-0.05, 0) is 26.2 Å². The van der Waals surface area contributed by atoms with E-state index in [-0.39, 0.29) is 19.8 Å². The maximum atomic E-state index is 13.5. The van der Waals surface area contributed by atoms with Gasteiger partial charge in [-0.1, -0.05) is 233 Å². The fraction of sp³-hybridized carbons (Fsp3) is 0.920. The largest absolute Gasteiger partial charge is 0.466 e. The molecule has 8 nitrogen and oxygen atoms in total. The summed E-state index contributed by atoms with van der Waals surface area (Å²) >= 11 is 0. The van der Waals surface area contributed by atoms with Crippen LogP contribution in [0.15, 0.2) is 0 Å². The highest BCUT2D eigenvalue weighted by Gasteiger charge is 2.54. The first kappa shape index (κ1) is 56.0. The second kappa shape index (κ2) is 41.8. The van der Waals surface area contributed by atoms with E-state index in [0.29, 0.717) is 19.3 Å². The third-order valence-corrected chi connectivity index (χ3v) is 11.6. The van der Waals surface area contributed by atoms with Gasteiger partial charge in [0.25, 0.3) is 0 Å². The molecular formula is C50H94O8. The van der Waals surface area contributed by atoms with Gasteiger partial charge in [-0.2, -0.15) is 0 Å². The molecule has 0 aromatic carbocycles. The zero-order chi connectivity index (χ0) is 42.8. The SMILES string of the molecule is CCCCCCCCCCCCCCOC(=O)CC(O)(C(=O)OCCCCCCCCCCCCCC)C(C(C)=O)C(=O)OCCCCCCCCCCCCCC. The topological polar surface area (TPSA) is 116 Å². The van der Waals surface area contributed by atoms with Crippen LogP contribution in [0, 0.1) is 5.92 Å². The Morgan fingerprint density at radius 2 is 0.655 bits per heavy atom. The van der Waals surface area contributed by atoms with Crippen LogP contribution >= 0.6 is 0 Å². The van der Waals surface area contributed by atoms with E-state index in [4.69, 9.17) is 14.2 Å². The standard InChI is InChI=1S/C50H94O8/c1-5-8-11-14-17-20-23-26-29-32-35-38-41-56-46(52)44-50(55,49(54)58-43-40-37-34-31-28-25-22-19-16-13-10-7-3)47(45(4)51)48(53)57-42-39-36-33-30-27-24-21-18-15-12-9-6-2/h47,55H,5-44H2,1-4H3. The van der Waals surface area contributed by atoms with E-state index in [2.05, 4.69) is 20.8 Å². The van der Waals surface area contributed by atoms with Gasteiger partial charge in [0.05, 0.1) is 26.2 Å². The molecule has 0 aliphatic heterocycles. The Hall–Kier alpha value is -1.96. The van der Waals surface area contributed by atoms with Crippen molar-refractivity contribution >= 4 is 23.7 Å². The predicted molar refractivity (Wildman–Crippen MR) is 240 cm³/mol. The van der Waals surface area contributed by atoms with E-state index in [9.17, 15) is 24.3 Å². The van der Waals surface area contributed by atoms with E-state index in [1.54, 1.807) is 0 Å². The van der Waals surface area contributed by atoms with E-state index in [1.807, 2.05) is 0 Å². The summed E-state index contributed by atoms with van der Waals surface area (Å²) in [7, 11) is 0. The molecule has 58 heavy (non-hydrogen) atoms. The molecule has 1 N–H and O–H groups in total. The maximum absolute atomic E-state index is 13.5. The van der Waals surface area contributed by atoms with Crippen LogP contribution in [0.5, 0.6) is 0 Å². The smallest absolute Gasteiger partial charge is 0.340 e. The first-order chi connectivity index (χ1) is 28.2. The van der Waals surface area contributed by atoms with E-state index >= 15 is 0 Å². The third-order valence-electron chi connectivity index (χ3n) is 11.6. The number of esters is 3. The van der Waals surface area contributed by atoms with Gasteiger partial charge in [0.2, 0.25) is 0 Å². The van der Waals surface area contributed by atoms with Gasteiger partial charge in [-0.3, -0.25) is 14.4 Å². The molecule has 0 saturated heterocycles. The quantitative estimate of drug-likeness (QED) is 0.0279. The Labute approximate surface area is 357 Å². The fourth-order valence-corrected chi connectivity index (χ4v) is 7.82. The van der Waals surface area contributed by atoms with Gasteiger partial charge in [0.1, 0.15) is 5.78 Å². The molecule has 0 spiro atoms. The number of carbonyl (C=O) groups excluding carboxylic acids is 4. The first-order valence-corrected chi connectivity index (χ1v) is 25.0. The van der Waals surface area contributed by atoms with Gasteiger partial charge in [-0.25, -0.2) is 4.79 Å². The monoisotopic (exact) mass is 823 g/mol. The predicted octanol–water partition coefficient (Wildman–Crippen LogP) is 14.0. The van der Waals surface area contributed by atoms with Crippen LogP contribution in [-0.2, 0) is 33.4 Å². The third kappa shape index (κ3) is 32.8. The molecule has 0 fully saturated rings. The highest BCUT2D eigenvalue weighted by Crippen LogP contribution is 2.28. The molecule has 0 aromatic heterocycles. The summed E-state index contributed by atoms with van der Waals surface area (Å²) in [5, 5.41) is 11.8. The Morgan fingerprint density at radius 3 is 0.948 bits per heavy atom. The molecule has 0 aliphatic rings. The summed E-state index contributed by atoms with van der Waals surface area (Å²) in [5.41, 5.74) is -2.70. The molecule has 2 atom stereocenters. The van der Waals surface area contributed by atoms with Crippen molar-refractivity contribution in [2.75, 3.05) is 19.8 Å². The molecule has 0 amide bonds. The highest BCUT2D eigenvalue weighted by molar-refractivity contribution is 6.05. The summed E-state index contributed by atoms with van der Waals surface area (Å²) in [6, 6.07) is 0. The molecule has 0 heterocycles. The number of Topliss-reactive ketones (excluding diaryl/α,β-unsaturated/α-hetero) is 1. The van der Waals surface area contributed by atoms with Crippen LogP contribution in [0.3, 0.4) is 0 Å². The fourth-order valence-electron chi connectivity index (χ4n) is 7.82. The van der Waals surface area contributed by atoms with Gasteiger partial charge in [-0.15, -0.1) is 0 Å². The zero-order valence-corrected chi connectivity index (χ0v) is 38.7. The van der Waals surface area contributed by atoms with Gasteiger partial charge < -0.3 is 19.3 Å². The number of carbonyl (C=O) groups is 4. The number of hydrogen-bond acceptors (Lipinski definition) is 8. The lowest BCUT2D eigenvalue weighted by molar-refractivity contribution is -0.187. The lowest BCUT2D eigenvalue weighted by atomic mass is 9.81. The summed E-state index contributed by atoms with van der Waals surface area (Å²) in [4.78, 5) is 52.8. The molecule has 0 aliphatic carbocycles. The van der Waals surface area contributed by atoms with Crippen molar-refractivity contribution < 1.29 is 38.5 Å². The minimum atomic E-state index is -2.70. The van der Waals surface area contributed by atoms with E-state index < -0.39 is 41.6 Å². The van der Waals surface area contributed by atoms with Crippen molar-refractivity contribution in [3.63, 3.8) is 0 Å². The Balaban J connectivity index is 4.90. The molecule has 342 valence electrons. The Bertz CT molecular complexity index is 967. The normalized spacial score (nSPS) is 12.9. The maximum Gasteiger partial charge on any atom is 0.340 e. The number of ketones is 1. The minimum absolute atomic E-state index is 0.0327. The molecule has 0 saturated carbocycles. The van der Waals surface area contributed by atoms with Crippen LogP contribution < -0.4 is 0 Å². The van der Waals surface area contributed by atoms with Crippen LogP contribution in [0.25, 0.3) is 0 Å². The average molecular weight is 823 g/mol. The van der Waals surface area contributed by atoms with E-state index in [1.165, 1.54) is 154 Å². The van der Waals surface area contributed by atoms with Crippen LogP contribution in [0.4, 0.5) is 0 Å². The van der Waals surface area contributed by atoms with Crippen molar-refractivity contribution in [2.24, 2.45) is 5.92 Å². The lowest BCUT2D eigenvalue weighted by Crippen LogP contribution is -2.55. The Kier molecular flexibility index (Phi) is 40.3. The average Bonchev–Trinajstić information content (AvgIpc) is 3.19. The van der Waals surface area contributed by atoms with Gasteiger partial charge in [0.15, 0.2) is 11.5 Å². The second-order valence-electron chi connectivity index (χ2n) is 17.3. The molecule has 2 unspecified atom stereocenters. The number of rotatable bonds is 45. The molecular weight excluding hydrogens is 729 g/mol. The van der Waals surface area contributed by atoms with Crippen molar-refractivity contribution in [2.45, 2.75) is 271 Å². The van der Waals surface area contributed by atoms with Crippen LogP contribution in [0.2, 0.25) is 0 Å². The summed E-state index contributed by atoms with van der Waals surface area (Å²) in [5.74, 6) is -5.63. The second-order valence-corrected chi connectivity index (χ2v) is 17.3. The van der Waals surface area contributed by atoms with Crippen LogP contribution in [0.1, 0.15) is 265 Å². The molecule has 8 heteroatoms. The van der Waals surface area contributed by atoms with E-state index in [0.717, 1.165) is 64.7 Å². The minimum Gasteiger partial charge on any atom is -0.466 e. The number of unbranched alkanes of at least 4 members (excludes halogenated alkanes) is 33.